The minimum atomic E-state index is -2.50. The third kappa shape index (κ3) is 4.80. The fraction of sp³-hybridized carbons (Fsp3) is 0.381. The van der Waals surface area contributed by atoms with Crippen LogP contribution in [0, 0.1) is 0 Å². The molecule has 2 aromatic carbocycles. The molecule has 0 spiro atoms. The first-order valence-corrected chi connectivity index (χ1v) is 11.1. The number of rotatable bonds is 7. The fourth-order valence-corrected chi connectivity index (χ4v) is 6.63. The summed E-state index contributed by atoms with van der Waals surface area (Å²) in [6.45, 7) is 8.92. The second-order valence-electron chi connectivity index (χ2n) is 7.27. The lowest BCUT2D eigenvalue weighted by Gasteiger charge is -2.33. The second kappa shape index (κ2) is 8.45. The van der Waals surface area contributed by atoms with Gasteiger partial charge >= 0.3 is 0 Å². The van der Waals surface area contributed by atoms with E-state index in [1.165, 1.54) is 0 Å². The first-order valence-electron chi connectivity index (χ1n) is 8.96. The molecule has 1 amide bonds. The molecule has 0 fully saturated rings. The van der Waals surface area contributed by atoms with Crippen molar-refractivity contribution in [2.24, 2.45) is 0 Å². The number of amides is 1. The monoisotopic (exact) mass is 355 g/mol. The molecular formula is C21H29NO2Si. The lowest BCUT2D eigenvalue weighted by Crippen LogP contribution is -2.53. The Kier molecular flexibility index (Phi) is 6.56. The van der Waals surface area contributed by atoms with Crippen LogP contribution in [0.4, 0.5) is 0 Å². The van der Waals surface area contributed by atoms with Crippen molar-refractivity contribution < 1.29 is 9.59 Å². The summed E-state index contributed by atoms with van der Waals surface area (Å²) in [5.41, 5.74) is 2.58. The topological polar surface area (TPSA) is 49.3 Å². The normalized spacial score (nSPS) is 11.8. The maximum Gasteiger partial charge on any atom is 0.225 e. The van der Waals surface area contributed by atoms with Gasteiger partial charge in [0.15, 0.2) is 0 Å². The molecule has 0 saturated carbocycles. The van der Waals surface area contributed by atoms with Gasteiger partial charge in [-0.25, -0.2) is 0 Å². The highest BCUT2D eigenvalue weighted by atomic mass is 28.4. The van der Waals surface area contributed by atoms with E-state index in [2.05, 4.69) is 33.0 Å². The predicted octanol–water partition coefficient (Wildman–Crippen LogP) is 3.51. The molecule has 0 unspecified atom stereocenters. The van der Waals surface area contributed by atoms with Crippen LogP contribution in [0.1, 0.15) is 38.8 Å². The van der Waals surface area contributed by atoms with E-state index in [1.54, 1.807) is 0 Å². The van der Waals surface area contributed by atoms with E-state index in [1.807, 2.05) is 54.6 Å². The van der Waals surface area contributed by atoms with E-state index < -0.39 is 8.32 Å². The Morgan fingerprint density at radius 2 is 1.48 bits per heavy atom. The minimum absolute atomic E-state index is 0.0110. The smallest absolute Gasteiger partial charge is 0.225 e. The van der Waals surface area contributed by atoms with Gasteiger partial charge < -0.3 is 10.1 Å². The lowest BCUT2D eigenvalue weighted by atomic mass is 10.1. The molecule has 0 aliphatic carbocycles. The van der Waals surface area contributed by atoms with Crippen molar-refractivity contribution in [3.8, 4) is 0 Å². The van der Waals surface area contributed by atoms with Crippen LogP contribution in [0.2, 0.25) is 11.1 Å². The van der Waals surface area contributed by atoms with E-state index in [0.717, 1.165) is 16.3 Å². The summed E-state index contributed by atoms with van der Waals surface area (Å²) in [7, 11) is -2.50. The van der Waals surface area contributed by atoms with Crippen LogP contribution in [0.15, 0.2) is 54.6 Å². The minimum Gasteiger partial charge on any atom is -0.427 e. The quantitative estimate of drug-likeness (QED) is 0.747. The van der Waals surface area contributed by atoms with Crippen LogP contribution >= 0.6 is 0 Å². The molecule has 0 saturated heterocycles. The van der Waals surface area contributed by atoms with Gasteiger partial charge in [-0.2, -0.15) is 0 Å². The van der Waals surface area contributed by atoms with Crippen molar-refractivity contribution in [2.45, 2.75) is 51.7 Å². The largest absolute Gasteiger partial charge is 0.427 e. The maximum absolute atomic E-state index is 12.1. The fourth-order valence-electron chi connectivity index (χ4n) is 3.27. The lowest BCUT2D eigenvalue weighted by molar-refractivity contribution is -0.120. The molecule has 0 radical (unpaired) electrons. The predicted molar refractivity (Wildman–Crippen MR) is 106 cm³/mol. The first kappa shape index (κ1) is 19.4. The van der Waals surface area contributed by atoms with Crippen molar-refractivity contribution >= 4 is 19.4 Å². The van der Waals surface area contributed by atoms with Crippen LogP contribution < -0.4 is 10.5 Å². The van der Waals surface area contributed by atoms with E-state index in [-0.39, 0.29) is 17.0 Å². The molecule has 0 heterocycles. The van der Waals surface area contributed by atoms with Crippen LogP contribution in [-0.2, 0) is 17.8 Å². The van der Waals surface area contributed by atoms with E-state index in [4.69, 9.17) is 0 Å². The molecule has 0 aromatic heterocycles. The number of hydrogen-bond acceptors (Lipinski definition) is 2. The van der Waals surface area contributed by atoms with Crippen LogP contribution in [-0.4, -0.2) is 19.0 Å². The van der Waals surface area contributed by atoms with Crippen molar-refractivity contribution in [1.82, 2.24) is 5.32 Å². The second-order valence-corrected chi connectivity index (χ2v) is 11.8. The number of carbonyl (C=O) groups is 1. The Bertz CT molecular complexity index is 673. The van der Waals surface area contributed by atoms with Gasteiger partial charge in [0, 0.05) is 6.54 Å². The highest BCUT2D eigenvalue weighted by molar-refractivity contribution is 6.87. The summed E-state index contributed by atoms with van der Waals surface area (Å²) >= 11 is 0. The van der Waals surface area contributed by atoms with Gasteiger partial charge in [0.25, 0.3) is 0 Å². The van der Waals surface area contributed by atoms with Gasteiger partial charge in [0.05, 0.1) is 6.42 Å². The summed E-state index contributed by atoms with van der Waals surface area (Å²) in [5.74, 6) is 0.0110. The van der Waals surface area contributed by atoms with Crippen molar-refractivity contribution in [3.63, 3.8) is 0 Å². The molecule has 2 rings (SSSR count). The average Bonchev–Trinajstić information content (AvgIpc) is 2.60. The van der Waals surface area contributed by atoms with Crippen molar-refractivity contribution in [3.05, 3.63) is 65.7 Å². The van der Waals surface area contributed by atoms with Gasteiger partial charge in [-0.05, 0) is 27.4 Å². The molecule has 2 aromatic rings. The third-order valence-electron chi connectivity index (χ3n) is 4.87. The molecule has 0 aliphatic rings. The number of benzene rings is 2. The summed E-state index contributed by atoms with van der Waals surface area (Å²) in [6, 6.07) is 17.9. The van der Waals surface area contributed by atoms with Crippen LogP contribution in [0.5, 0.6) is 0 Å². The van der Waals surface area contributed by atoms with E-state index in [9.17, 15) is 9.59 Å². The van der Waals surface area contributed by atoms with Crippen molar-refractivity contribution in [1.29, 1.82) is 0 Å². The number of carbonyl (C=O) groups excluding carboxylic acids is 1. The molecular weight excluding hydrogens is 326 g/mol. The van der Waals surface area contributed by atoms with Crippen LogP contribution in [0.3, 0.4) is 0 Å². The van der Waals surface area contributed by atoms with Gasteiger partial charge in [-0.15, -0.1) is 0 Å². The average molecular weight is 356 g/mol. The Balaban J connectivity index is 1.99. The molecule has 0 bridgehead atoms. The van der Waals surface area contributed by atoms with Gasteiger partial charge in [0.1, 0.15) is 0 Å². The summed E-state index contributed by atoms with van der Waals surface area (Å²) in [4.78, 5) is 23.3. The maximum atomic E-state index is 12.1. The summed E-state index contributed by atoms with van der Waals surface area (Å²) in [6.07, 6.45) is 0.358. The molecule has 25 heavy (non-hydrogen) atoms. The summed E-state index contributed by atoms with van der Waals surface area (Å²) in [5, 5.41) is 4.00. The standard InChI is InChI=1S/C21H29NO2Si/c1-16(2)25(24,17(3)4)20-12-10-18(11-13-20)14-21(23)22-15-19-8-6-5-7-9-19/h5-13,16-17,24H,14-15H2,1-4H3,(H,22,23). The zero-order valence-corrected chi connectivity index (χ0v) is 16.6. The van der Waals surface area contributed by atoms with E-state index in [0.29, 0.717) is 13.0 Å². The van der Waals surface area contributed by atoms with Crippen LogP contribution in [0.25, 0.3) is 0 Å². The molecule has 134 valence electrons. The Morgan fingerprint density at radius 1 is 0.920 bits per heavy atom. The summed E-state index contributed by atoms with van der Waals surface area (Å²) < 4.78 is 0. The molecule has 0 atom stereocenters. The Morgan fingerprint density at radius 3 is 2.00 bits per heavy atom. The number of hydrogen-bond donors (Lipinski definition) is 2. The highest BCUT2D eigenvalue weighted by Crippen LogP contribution is 2.29. The number of nitrogens with one attached hydrogen (secondary N) is 1. The zero-order valence-electron chi connectivity index (χ0n) is 15.6. The van der Waals surface area contributed by atoms with Gasteiger partial charge in [-0.3, -0.25) is 4.79 Å². The van der Waals surface area contributed by atoms with Gasteiger partial charge in [-0.1, -0.05) is 82.3 Å². The third-order valence-corrected chi connectivity index (χ3v) is 9.65. The molecule has 0 aliphatic heterocycles. The first-order chi connectivity index (χ1) is 11.8. The van der Waals surface area contributed by atoms with E-state index >= 15 is 0 Å². The Labute approximate surface area is 152 Å². The van der Waals surface area contributed by atoms with Gasteiger partial charge in [0.2, 0.25) is 14.2 Å². The molecule has 3 nitrogen and oxygen atoms in total. The Hall–Kier alpha value is -1.91. The zero-order chi connectivity index (χ0) is 18.4. The molecule has 2 N–H and O–H groups in total. The molecule has 4 heteroatoms. The SMILES string of the molecule is CC(C)[Si](O)(c1ccc(CC(=O)NCc2ccccc2)cc1)C(C)C. The van der Waals surface area contributed by atoms with Crippen molar-refractivity contribution in [2.75, 3.05) is 0 Å². The highest BCUT2D eigenvalue weighted by Gasteiger charge is 2.40.